The van der Waals surface area contributed by atoms with Crippen molar-refractivity contribution in [2.75, 3.05) is 20.2 Å². The van der Waals surface area contributed by atoms with E-state index in [1.807, 2.05) is 35.2 Å². The van der Waals surface area contributed by atoms with Crippen molar-refractivity contribution < 1.29 is 14.3 Å². The van der Waals surface area contributed by atoms with Gasteiger partial charge in [0.25, 0.3) is 0 Å². The molecule has 142 valence electrons. The van der Waals surface area contributed by atoms with Gasteiger partial charge in [0.05, 0.1) is 25.0 Å². The van der Waals surface area contributed by atoms with Gasteiger partial charge in [0.2, 0.25) is 5.91 Å². The average molecular weight is 368 g/mol. The van der Waals surface area contributed by atoms with Gasteiger partial charge in [0.1, 0.15) is 11.9 Å². The summed E-state index contributed by atoms with van der Waals surface area (Å²) < 4.78 is 4.87. The Morgan fingerprint density at radius 2 is 2.00 bits per heavy atom. The van der Waals surface area contributed by atoms with E-state index in [1.54, 1.807) is 4.90 Å². The Morgan fingerprint density at radius 3 is 2.78 bits per heavy atom. The Labute approximate surface area is 158 Å². The van der Waals surface area contributed by atoms with Crippen LogP contribution >= 0.6 is 0 Å². The molecule has 3 heterocycles. The maximum atomic E-state index is 13.1. The number of hydrogen-bond acceptors (Lipinski definition) is 4. The Hall–Kier alpha value is -2.83. The summed E-state index contributed by atoms with van der Waals surface area (Å²) in [6, 6.07) is 9.55. The first-order chi connectivity index (χ1) is 13.2. The van der Waals surface area contributed by atoms with Crippen LogP contribution in [0.4, 0.5) is 4.79 Å². The lowest BCUT2D eigenvalue weighted by atomic mass is 10.0. The Morgan fingerprint density at radius 1 is 1.19 bits per heavy atom. The van der Waals surface area contributed by atoms with Crippen LogP contribution in [0.5, 0.6) is 0 Å². The van der Waals surface area contributed by atoms with E-state index in [0.717, 1.165) is 42.0 Å². The largest absolute Gasteiger partial charge is 0.453 e. The molecule has 2 aliphatic rings. The van der Waals surface area contributed by atoms with Gasteiger partial charge in [-0.15, -0.1) is 0 Å². The van der Waals surface area contributed by atoms with Crippen LogP contribution < -0.4 is 0 Å². The number of ether oxygens (including phenoxy) is 1. The summed E-state index contributed by atoms with van der Waals surface area (Å²) >= 11 is 0. The van der Waals surface area contributed by atoms with Crippen LogP contribution in [0.1, 0.15) is 30.7 Å². The van der Waals surface area contributed by atoms with E-state index in [-0.39, 0.29) is 5.91 Å². The highest BCUT2D eigenvalue weighted by atomic mass is 16.5. The van der Waals surface area contributed by atoms with Gasteiger partial charge in [0.15, 0.2) is 0 Å². The molecule has 1 N–H and O–H groups in total. The zero-order chi connectivity index (χ0) is 18.8. The van der Waals surface area contributed by atoms with Gasteiger partial charge in [-0.25, -0.2) is 9.78 Å². The summed E-state index contributed by atoms with van der Waals surface area (Å²) in [4.78, 5) is 36.6. The van der Waals surface area contributed by atoms with Crippen molar-refractivity contribution in [2.45, 2.75) is 38.3 Å². The monoisotopic (exact) mass is 368 g/mol. The number of nitrogens with zero attached hydrogens (tertiary/aromatic N) is 3. The number of nitrogens with one attached hydrogen (secondary N) is 1. The van der Waals surface area contributed by atoms with Gasteiger partial charge in [-0.3, -0.25) is 9.69 Å². The van der Waals surface area contributed by atoms with E-state index in [0.29, 0.717) is 26.1 Å². The van der Waals surface area contributed by atoms with Gasteiger partial charge in [0, 0.05) is 25.1 Å². The fraction of sp³-hybridized carbons (Fsp3) is 0.450. The number of aromatic nitrogens is 2. The van der Waals surface area contributed by atoms with Crippen molar-refractivity contribution in [1.29, 1.82) is 0 Å². The first kappa shape index (κ1) is 17.6. The van der Waals surface area contributed by atoms with E-state index in [2.05, 4.69) is 4.98 Å². The van der Waals surface area contributed by atoms with Crippen molar-refractivity contribution in [3.63, 3.8) is 0 Å². The van der Waals surface area contributed by atoms with E-state index in [9.17, 15) is 9.59 Å². The number of H-pyrrole nitrogens is 1. The van der Waals surface area contributed by atoms with E-state index in [1.165, 1.54) is 7.11 Å². The molecule has 4 rings (SSSR count). The highest BCUT2D eigenvalue weighted by Crippen LogP contribution is 2.25. The number of hydrogen-bond donors (Lipinski definition) is 1. The molecule has 0 spiro atoms. The Bertz CT molecular complexity index is 833. The normalized spacial score (nSPS) is 19.5. The van der Waals surface area contributed by atoms with Crippen molar-refractivity contribution in [1.82, 2.24) is 19.8 Å². The third kappa shape index (κ3) is 3.41. The van der Waals surface area contributed by atoms with Crippen molar-refractivity contribution in [3.8, 4) is 11.4 Å². The molecule has 1 aromatic carbocycles. The smallest absolute Gasteiger partial charge is 0.410 e. The highest BCUT2D eigenvalue weighted by molar-refractivity contribution is 5.86. The molecule has 0 bridgehead atoms. The third-order valence-corrected chi connectivity index (χ3v) is 5.39. The fourth-order valence-corrected chi connectivity index (χ4v) is 3.95. The van der Waals surface area contributed by atoms with Gasteiger partial charge < -0.3 is 14.6 Å². The fourth-order valence-electron chi connectivity index (χ4n) is 3.95. The second-order valence-corrected chi connectivity index (χ2v) is 7.06. The molecule has 7 heteroatoms. The number of fused-ring (bicyclic) bond motifs is 1. The number of amides is 2. The molecule has 0 aliphatic carbocycles. The van der Waals surface area contributed by atoms with Crippen molar-refractivity contribution in [3.05, 3.63) is 41.7 Å². The van der Waals surface area contributed by atoms with Gasteiger partial charge in [-0.05, 0) is 19.3 Å². The maximum Gasteiger partial charge on any atom is 0.410 e. The molecule has 1 fully saturated rings. The first-order valence-corrected chi connectivity index (χ1v) is 9.44. The van der Waals surface area contributed by atoms with Crippen LogP contribution in [0, 0.1) is 0 Å². The third-order valence-electron chi connectivity index (χ3n) is 5.39. The first-order valence-electron chi connectivity index (χ1n) is 9.44. The van der Waals surface area contributed by atoms with E-state index in [4.69, 9.17) is 9.72 Å². The number of piperidine rings is 1. The maximum absolute atomic E-state index is 13.1. The number of rotatable bonds is 2. The predicted molar refractivity (Wildman–Crippen MR) is 99.9 cm³/mol. The molecule has 0 radical (unpaired) electrons. The number of benzene rings is 1. The second-order valence-electron chi connectivity index (χ2n) is 7.06. The number of likely N-dealkylation sites (tertiary alicyclic amines) is 1. The van der Waals surface area contributed by atoms with E-state index >= 15 is 0 Å². The summed E-state index contributed by atoms with van der Waals surface area (Å²) in [5.41, 5.74) is 3.04. The van der Waals surface area contributed by atoms with Crippen LogP contribution in [-0.2, 0) is 22.5 Å². The number of carbonyl (C=O) groups excluding carboxylic acids is 2. The molecule has 1 atom stereocenters. The lowest BCUT2D eigenvalue weighted by molar-refractivity contribution is -0.138. The van der Waals surface area contributed by atoms with E-state index < -0.39 is 12.1 Å². The topological polar surface area (TPSA) is 78.5 Å². The zero-order valence-electron chi connectivity index (χ0n) is 15.5. The molecule has 2 aliphatic heterocycles. The van der Waals surface area contributed by atoms with Gasteiger partial charge in [-0.1, -0.05) is 30.3 Å². The average Bonchev–Trinajstić information content (AvgIpc) is 3.16. The Kier molecular flexibility index (Phi) is 4.83. The SMILES string of the molecule is COC(=O)N1CCCC[C@H]1C(=O)N1CCc2nc(-c3ccccc3)[nH]c2C1. The summed E-state index contributed by atoms with van der Waals surface area (Å²) in [5, 5.41) is 0. The standard InChI is InChI=1S/C20H24N4O3/c1-27-20(26)24-11-6-5-9-17(24)19(25)23-12-10-15-16(13-23)22-18(21-15)14-7-3-2-4-8-14/h2-4,7-8,17H,5-6,9-13H2,1H3,(H,21,22)/t17-/m0/s1. The summed E-state index contributed by atoms with van der Waals surface area (Å²) in [5.74, 6) is 0.838. The molecule has 2 amide bonds. The van der Waals surface area contributed by atoms with Gasteiger partial charge >= 0.3 is 6.09 Å². The molecule has 0 unspecified atom stereocenters. The minimum absolute atomic E-state index is 0.00149. The lowest BCUT2D eigenvalue weighted by Crippen LogP contribution is -2.53. The number of methoxy groups -OCH3 is 1. The predicted octanol–water partition coefficient (Wildman–Crippen LogP) is 2.58. The molecule has 0 saturated carbocycles. The second kappa shape index (κ2) is 7.42. The number of imidazole rings is 1. The molecule has 2 aromatic rings. The van der Waals surface area contributed by atoms with Crippen LogP contribution in [-0.4, -0.2) is 58.0 Å². The molecular formula is C20H24N4O3. The molecule has 1 saturated heterocycles. The Balaban J connectivity index is 1.51. The zero-order valence-corrected chi connectivity index (χ0v) is 15.5. The summed E-state index contributed by atoms with van der Waals surface area (Å²) in [6.07, 6.45) is 2.85. The van der Waals surface area contributed by atoms with Crippen molar-refractivity contribution in [2.24, 2.45) is 0 Å². The highest BCUT2D eigenvalue weighted by Gasteiger charge is 2.36. The van der Waals surface area contributed by atoms with Crippen molar-refractivity contribution >= 4 is 12.0 Å². The number of carbonyl (C=O) groups is 2. The van der Waals surface area contributed by atoms with Crippen LogP contribution in [0.25, 0.3) is 11.4 Å². The quantitative estimate of drug-likeness (QED) is 0.884. The minimum atomic E-state index is -0.427. The number of aromatic amines is 1. The van der Waals surface area contributed by atoms with Crippen LogP contribution in [0.15, 0.2) is 30.3 Å². The van der Waals surface area contributed by atoms with Gasteiger partial charge in [-0.2, -0.15) is 0 Å². The van der Waals surface area contributed by atoms with Crippen LogP contribution in [0.3, 0.4) is 0 Å². The minimum Gasteiger partial charge on any atom is -0.453 e. The lowest BCUT2D eigenvalue weighted by Gasteiger charge is -2.37. The molecular weight excluding hydrogens is 344 g/mol. The summed E-state index contributed by atoms with van der Waals surface area (Å²) in [7, 11) is 1.36. The summed E-state index contributed by atoms with van der Waals surface area (Å²) in [6.45, 7) is 1.69. The molecule has 1 aromatic heterocycles. The molecule has 27 heavy (non-hydrogen) atoms. The molecule has 7 nitrogen and oxygen atoms in total. The van der Waals surface area contributed by atoms with Crippen LogP contribution in [0.2, 0.25) is 0 Å².